The predicted molar refractivity (Wildman–Crippen MR) is 73.7 cm³/mol. The van der Waals surface area contributed by atoms with Crippen LogP contribution in [0.15, 0.2) is 16.6 Å². The fraction of sp³-hybridized carbons (Fsp3) is 0.273. The number of benzene rings is 1. The summed E-state index contributed by atoms with van der Waals surface area (Å²) in [5.74, 6) is -2.38. The average molecular weight is 367 g/mol. The third-order valence-corrected chi connectivity index (χ3v) is 4.30. The second-order valence-corrected chi connectivity index (χ2v) is 5.85. The minimum atomic E-state index is -1.12. The molecule has 0 unspecified atom stereocenters. The van der Waals surface area contributed by atoms with Crippen molar-refractivity contribution >= 4 is 45.4 Å². The number of carboxylic acid groups (broad SMARTS) is 1. The summed E-state index contributed by atoms with van der Waals surface area (Å²) >= 11 is 4.23. The summed E-state index contributed by atoms with van der Waals surface area (Å²) in [7, 11) is 0. The van der Waals surface area contributed by atoms with Gasteiger partial charge in [0.1, 0.15) is 11.9 Å². The number of carbonyl (C=O) groups is 2. The number of nitrogens with zero attached hydrogens (tertiary/aromatic N) is 1. The van der Waals surface area contributed by atoms with Gasteiger partial charge in [-0.25, -0.2) is 18.4 Å². The van der Waals surface area contributed by atoms with Crippen molar-refractivity contribution in [2.75, 3.05) is 16.9 Å². The van der Waals surface area contributed by atoms with Crippen molar-refractivity contribution in [3.8, 4) is 0 Å². The van der Waals surface area contributed by atoms with Gasteiger partial charge < -0.3 is 15.3 Å². The zero-order valence-electron chi connectivity index (χ0n) is 9.90. The van der Waals surface area contributed by atoms with Crippen molar-refractivity contribution in [2.45, 2.75) is 6.04 Å². The Bertz CT molecular complexity index is 550. The first-order valence-electron chi connectivity index (χ1n) is 5.43. The normalized spacial score (nSPS) is 18.1. The van der Waals surface area contributed by atoms with Crippen LogP contribution in [0.3, 0.4) is 0 Å². The second kappa shape index (κ2) is 5.96. The number of amides is 2. The molecule has 2 amide bonds. The quantitative estimate of drug-likeness (QED) is 0.844. The van der Waals surface area contributed by atoms with E-state index in [0.29, 0.717) is 6.07 Å². The van der Waals surface area contributed by atoms with Crippen LogP contribution in [0.1, 0.15) is 0 Å². The molecule has 1 heterocycles. The van der Waals surface area contributed by atoms with E-state index < -0.39 is 29.7 Å². The summed E-state index contributed by atoms with van der Waals surface area (Å²) in [5.41, 5.74) is -0.225. The lowest BCUT2D eigenvalue weighted by atomic mass is 10.3. The molecule has 108 valence electrons. The van der Waals surface area contributed by atoms with Crippen molar-refractivity contribution in [2.24, 2.45) is 0 Å². The zero-order chi connectivity index (χ0) is 14.9. The number of nitrogens with one attached hydrogen (secondary N) is 1. The van der Waals surface area contributed by atoms with Crippen molar-refractivity contribution in [3.05, 3.63) is 28.2 Å². The molecule has 1 fully saturated rings. The fourth-order valence-electron chi connectivity index (χ4n) is 1.69. The largest absolute Gasteiger partial charge is 0.480 e. The maximum absolute atomic E-state index is 13.6. The van der Waals surface area contributed by atoms with Crippen LogP contribution in [0.2, 0.25) is 0 Å². The van der Waals surface area contributed by atoms with Gasteiger partial charge >= 0.3 is 12.0 Å². The maximum atomic E-state index is 13.6. The Labute approximate surface area is 125 Å². The van der Waals surface area contributed by atoms with Gasteiger partial charge in [-0.05, 0) is 22.0 Å². The lowest BCUT2D eigenvalue weighted by molar-refractivity contribution is -0.140. The number of hydrogen-bond acceptors (Lipinski definition) is 3. The lowest BCUT2D eigenvalue weighted by Crippen LogP contribution is -2.44. The number of carboxylic acids is 1. The van der Waals surface area contributed by atoms with Gasteiger partial charge in [-0.2, -0.15) is 0 Å². The van der Waals surface area contributed by atoms with Gasteiger partial charge in [-0.1, -0.05) is 0 Å². The van der Waals surface area contributed by atoms with E-state index in [-0.39, 0.29) is 21.8 Å². The highest BCUT2D eigenvalue weighted by atomic mass is 79.9. The van der Waals surface area contributed by atoms with Crippen LogP contribution in [0.25, 0.3) is 0 Å². The van der Waals surface area contributed by atoms with E-state index in [1.807, 2.05) is 0 Å². The van der Waals surface area contributed by atoms with Gasteiger partial charge in [0, 0.05) is 16.3 Å². The molecule has 5 nitrogen and oxygen atoms in total. The molecule has 1 aromatic rings. The molecular weight excluding hydrogens is 358 g/mol. The molecule has 2 rings (SSSR count). The summed E-state index contributed by atoms with van der Waals surface area (Å²) in [6.07, 6.45) is 0. The van der Waals surface area contributed by atoms with Crippen molar-refractivity contribution in [1.82, 2.24) is 4.90 Å². The van der Waals surface area contributed by atoms with Crippen molar-refractivity contribution in [1.29, 1.82) is 0 Å². The average Bonchev–Trinajstić information content (AvgIpc) is 2.82. The molecule has 1 saturated heterocycles. The van der Waals surface area contributed by atoms with Gasteiger partial charge in [0.05, 0.1) is 11.6 Å². The molecule has 1 aromatic carbocycles. The van der Waals surface area contributed by atoms with E-state index in [2.05, 4.69) is 21.2 Å². The van der Waals surface area contributed by atoms with Gasteiger partial charge in [-0.3, -0.25) is 0 Å². The van der Waals surface area contributed by atoms with Crippen LogP contribution in [-0.4, -0.2) is 39.7 Å². The standard InChI is InChI=1S/C11H9BrF2N2O3S/c12-6-1-5(13)2-7(14)9(6)15-11(19)16-4-20-3-8(16)10(17)18/h1-2,8H,3-4H2,(H,15,19)(H,17,18)/t8-/m0/s1. The van der Waals surface area contributed by atoms with Gasteiger partial charge in [0.15, 0.2) is 5.82 Å². The number of aliphatic carboxylic acids is 1. The first-order valence-corrected chi connectivity index (χ1v) is 7.37. The minimum absolute atomic E-state index is 0.0436. The minimum Gasteiger partial charge on any atom is -0.480 e. The number of carbonyl (C=O) groups excluding carboxylic acids is 1. The van der Waals surface area contributed by atoms with Gasteiger partial charge in [0.2, 0.25) is 0 Å². The van der Waals surface area contributed by atoms with E-state index in [1.165, 1.54) is 11.8 Å². The number of urea groups is 1. The molecule has 2 N–H and O–H groups in total. The highest BCUT2D eigenvalue weighted by Gasteiger charge is 2.35. The molecule has 1 atom stereocenters. The Balaban J connectivity index is 2.18. The van der Waals surface area contributed by atoms with Gasteiger partial charge in [0.25, 0.3) is 0 Å². The summed E-state index contributed by atoms with van der Waals surface area (Å²) in [6.45, 7) is 0. The van der Waals surface area contributed by atoms with Crippen LogP contribution >= 0.6 is 27.7 Å². The molecule has 9 heteroatoms. The van der Waals surface area contributed by atoms with E-state index in [9.17, 15) is 18.4 Å². The SMILES string of the molecule is O=C(O)[C@@H]1CSCN1C(=O)Nc1c(F)cc(F)cc1Br. The molecule has 1 aliphatic rings. The molecular formula is C11H9BrF2N2O3S. The molecule has 0 radical (unpaired) electrons. The molecule has 20 heavy (non-hydrogen) atoms. The van der Waals surface area contributed by atoms with Gasteiger partial charge in [-0.15, -0.1) is 11.8 Å². The maximum Gasteiger partial charge on any atom is 0.327 e. The number of thioether (sulfide) groups is 1. The number of hydrogen-bond donors (Lipinski definition) is 2. The molecule has 1 aliphatic heterocycles. The third-order valence-electron chi connectivity index (χ3n) is 2.67. The smallest absolute Gasteiger partial charge is 0.327 e. The Morgan fingerprint density at radius 2 is 2.15 bits per heavy atom. The van der Waals surface area contributed by atoms with E-state index in [0.717, 1.165) is 11.0 Å². The number of rotatable bonds is 2. The number of halogens is 3. The van der Waals surface area contributed by atoms with E-state index in [1.54, 1.807) is 0 Å². The van der Waals surface area contributed by atoms with Crippen LogP contribution in [0.5, 0.6) is 0 Å². The van der Waals surface area contributed by atoms with Crippen LogP contribution in [0.4, 0.5) is 19.3 Å². The molecule has 0 saturated carbocycles. The first-order chi connectivity index (χ1) is 9.40. The monoisotopic (exact) mass is 366 g/mol. The van der Waals surface area contributed by atoms with Crippen LogP contribution in [-0.2, 0) is 4.79 Å². The summed E-state index contributed by atoms with van der Waals surface area (Å²) in [5, 5.41) is 11.2. The van der Waals surface area contributed by atoms with E-state index >= 15 is 0 Å². The second-order valence-electron chi connectivity index (χ2n) is 4.00. The molecule has 0 aliphatic carbocycles. The van der Waals surface area contributed by atoms with Crippen molar-refractivity contribution < 1.29 is 23.5 Å². The number of anilines is 1. The third kappa shape index (κ3) is 3.04. The molecule has 0 spiro atoms. The van der Waals surface area contributed by atoms with Crippen LogP contribution in [0, 0.1) is 11.6 Å². The summed E-state index contributed by atoms with van der Waals surface area (Å²) < 4.78 is 26.6. The Hall–Kier alpha value is -1.35. The fourth-order valence-corrected chi connectivity index (χ4v) is 3.34. The van der Waals surface area contributed by atoms with Crippen molar-refractivity contribution in [3.63, 3.8) is 0 Å². The highest BCUT2D eigenvalue weighted by Crippen LogP contribution is 2.28. The topological polar surface area (TPSA) is 69.6 Å². The Morgan fingerprint density at radius 1 is 1.45 bits per heavy atom. The molecule has 0 aromatic heterocycles. The first kappa shape index (κ1) is 15.0. The van der Waals surface area contributed by atoms with E-state index in [4.69, 9.17) is 5.11 Å². The molecule has 0 bridgehead atoms. The zero-order valence-corrected chi connectivity index (χ0v) is 12.3. The Morgan fingerprint density at radius 3 is 2.75 bits per heavy atom. The Kier molecular flexibility index (Phi) is 4.48. The highest BCUT2D eigenvalue weighted by molar-refractivity contribution is 9.10. The van der Waals surface area contributed by atoms with Crippen LogP contribution < -0.4 is 5.32 Å². The summed E-state index contributed by atoms with van der Waals surface area (Å²) in [6, 6.07) is -0.0595. The summed E-state index contributed by atoms with van der Waals surface area (Å²) in [4.78, 5) is 24.0. The lowest BCUT2D eigenvalue weighted by Gasteiger charge is -2.21. The predicted octanol–water partition coefficient (Wildman–Crippen LogP) is 2.72.